The molecule has 3 heteroatoms. The minimum absolute atomic E-state index is 0.246. The number of hydrogen-bond acceptors (Lipinski definition) is 3. The summed E-state index contributed by atoms with van der Waals surface area (Å²) in [5, 5.41) is 19.6. The van der Waals surface area contributed by atoms with Gasteiger partial charge in [-0.2, -0.15) is 0 Å². The molecule has 1 aliphatic carbocycles. The Kier molecular flexibility index (Phi) is 4.15. The van der Waals surface area contributed by atoms with Gasteiger partial charge in [-0.3, -0.25) is 0 Å². The van der Waals surface area contributed by atoms with Crippen molar-refractivity contribution < 1.29 is 14.9 Å². The number of hydrogen-bond donors (Lipinski definition) is 2. The summed E-state index contributed by atoms with van der Waals surface area (Å²) in [6.45, 7) is 0.889. The molecule has 0 bridgehead atoms. The second-order valence-corrected chi connectivity index (χ2v) is 4.93. The molecule has 2 N–H and O–H groups in total. The number of aliphatic hydroxyl groups is 2. The first-order valence-corrected chi connectivity index (χ1v) is 6.20. The highest BCUT2D eigenvalue weighted by molar-refractivity contribution is 5.13. The zero-order chi connectivity index (χ0) is 12.1. The van der Waals surface area contributed by atoms with E-state index in [-0.39, 0.29) is 6.10 Å². The van der Waals surface area contributed by atoms with Crippen molar-refractivity contribution in [3.63, 3.8) is 0 Å². The molecule has 1 fully saturated rings. The summed E-state index contributed by atoms with van der Waals surface area (Å²) in [5.74, 6) is 0. The third kappa shape index (κ3) is 3.80. The van der Waals surface area contributed by atoms with Crippen LogP contribution in [0.1, 0.15) is 31.2 Å². The van der Waals surface area contributed by atoms with Crippen LogP contribution in [0.5, 0.6) is 0 Å². The molecule has 0 spiro atoms. The van der Waals surface area contributed by atoms with E-state index >= 15 is 0 Å². The standard InChI is InChI=1S/C14H20O3/c15-13-6-8-14(16,9-7-13)11-17-10-12-4-2-1-3-5-12/h1-5,13,15-16H,6-11H2. The molecule has 0 amide bonds. The van der Waals surface area contributed by atoms with Crippen molar-refractivity contribution in [1.29, 1.82) is 0 Å². The quantitative estimate of drug-likeness (QED) is 0.839. The van der Waals surface area contributed by atoms with Crippen molar-refractivity contribution in [2.24, 2.45) is 0 Å². The molecule has 0 aromatic heterocycles. The predicted molar refractivity (Wildman–Crippen MR) is 65.5 cm³/mol. The van der Waals surface area contributed by atoms with Crippen LogP contribution in [0, 0.1) is 0 Å². The Morgan fingerprint density at radius 3 is 2.47 bits per heavy atom. The van der Waals surface area contributed by atoms with Gasteiger partial charge in [0.2, 0.25) is 0 Å². The first-order valence-electron chi connectivity index (χ1n) is 6.20. The Morgan fingerprint density at radius 1 is 1.18 bits per heavy atom. The molecule has 1 aliphatic rings. The van der Waals surface area contributed by atoms with E-state index in [2.05, 4.69) is 0 Å². The molecule has 0 atom stereocenters. The van der Waals surface area contributed by atoms with Gasteiger partial charge in [0.05, 0.1) is 24.9 Å². The zero-order valence-electron chi connectivity index (χ0n) is 10.0. The molecule has 0 saturated heterocycles. The first kappa shape index (κ1) is 12.6. The molecule has 0 aliphatic heterocycles. The summed E-state index contributed by atoms with van der Waals surface area (Å²) in [7, 11) is 0. The first-order chi connectivity index (χ1) is 8.18. The Hall–Kier alpha value is -0.900. The molecule has 0 radical (unpaired) electrons. The molecule has 1 aromatic rings. The molecule has 3 nitrogen and oxygen atoms in total. The fraction of sp³-hybridized carbons (Fsp3) is 0.571. The van der Waals surface area contributed by atoms with Crippen LogP contribution in [-0.2, 0) is 11.3 Å². The SMILES string of the molecule is OC1CCC(O)(COCc2ccccc2)CC1. The zero-order valence-corrected chi connectivity index (χ0v) is 10.0. The van der Waals surface area contributed by atoms with E-state index in [1.54, 1.807) is 0 Å². The minimum atomic E-state index is -0.742. The molecule has 1 saturated carbocycles. The topological polar surface area (TPSA) is 49.7 Å². The van der Waals surface area contributed by atoms with Crippen LogP contribution in [0.4, 0.5) is 0 Å². The van der Waals surface area contributed by atoms with Crippen LogP contribution in [0.3, 0.4) is 0 Å². The fourth-order valence-electron chi connectivity index (χ4n) is 2.22. The maximum Gasteiger partial charge on any atom is 0.0882 e. The Bertz CT molecular complexity index is 329. The lowest BCUT2D eigenvalue weighted by molar-refractivity contribution is -0.0899. The van der Waals surface area contributed by atoms with Crippen molar-refractivity contribution in [3.05, 3.63) is 35.9 Å². The fourth-order valence-corrected chi connectivity index (χ4v) is 2.22. The van der Waals surface area contributed by atoms with E-state index in [4.69, 9.17) is 4.74 Å². The van der Waals surface area contributed by atoms with Gasteiger partial charge in [0.1, 0.15) is 0 Å². The van der Waals surface area contributed by atoms with Gasteiger partial charge in [0, 0.05) is 0 Å². The maximum atomic E-state index is 10.2. The van der Waals surface area contributed by atoms with Crippen LogP contribution in [-0.4, -0.2) is 28.5 Å². The molecule has 0 heterocycles. The second-order valence-electron chi connectivity index (χ2n) is 4.93. The summed E-state index contributed by atoms with van der Waals surface area (Å²) in [4.78, 5) is 0. The largest absolute Gasteiger partial charge is 0.393 e. The van der Waals surface area contributed by atoms with Crippen molar-refractivity contribution in [2.45, 2.75) is 44.0 Å². The normalized spacial score (nSPS) is 29.2. The van der Waals surface area contributed by atoms with E-state index in [0.29, 0.717) is 38.9 Å². The summed E-state index contributed by atoms with van der Waals surface area (Å²) in [6.07, 6.45) is 2.35. The van der Waals surface area contributed by atoms with Gasteiger partial charge in [-0.15, -0.1) is 0 Å². The number of aliphatic hydroxyl groups excluding tert-OH is 1. The lowest BCUT2D eigenvalue weighted by Crippen LogP contribution is -2.39. The molecule has 1 aromatic carbocycles. The van der Waals surface area contributed by atoms with E-state index in [9.17, 15) is 10.2 Å². The van der Waals surface area contributed by atoms with Gasteiger partial charge >= 0.3 is 0 Å². The van der Waals surface area contributed by atoms with Gasteiger partial charge in [-0.1, -0.05) is 30.3 Å². The van der Waals surface area contributed by atoms with E-state index in [1.807, 2.05) is 30.3 Å². The number of ether oxygens (including phenoxy) is 1. The summed E-state index contributed by atoms with van der Waals surface area (Å²) >= 11 is 0. The van der Waals surface area contributed by atoms with E-state index < -0.39 is 5.60 Å². The molecular formula is C14H20O3. The van der Waals surface area contributed by atoms with Crippen molar-refractivity contribution in [3.8, 4) is 0 Å². The smallest absolute Gasteiger partial charge is 0.0882 e. The Labute approximate surface area is 102 Å². The van der Waals surface area contributed by atoms with Crippen LogP contribution in [0.2, 0.25) is 0 Å². The van der Waals surface area contributed by atoms with Crippen molar-refractivity contribution in [2.75, 3.05) is 6.61 Å². The molecule has 2 rings (SSSR count). The number of benzene rings is 1. The highest BCUT2D eigenvalue weighted by atomic mass is 16.5. The minimum Gasteiger partial charge on any atom is -0.393 e. The monoisotopic (exact) mass is 236 g/mol. The molecule has 94 valence electrons. The van der Waals surface area contributed by atoms with E-state index in [1.165, 1.54) is 0 Å². The summed E-state index contributed by atoms with van der Waals surface area (Å²) in [6, 6.07) is 9.94. The lowest BCUT2D eigenvalue weighted by atomic mass is 9.84. The molecular weight excluding hydrogens is 216 g/mol. The van der Waals surface area contributed by atoms with Gasteiger partial charge in [-0.05, 0) is 31.2 Å². The van der Waals surface area contributed by atoms with Gasteiger partial charge < -0.3 is 14.9 Å². The third-order valence-electron chi connectivity index (χ3n) is 3.37. The van der Waals surface area contributed by atoms with Gasteiger partial charge in [0.25, 0.3) is 0 Å². The summed E-state index contributed by atoms with van der Waals surface area (Å²) < 4.78 is 5.57. The van der Waals surface area contributed by atoms with Crippen LogP contribution < -0.4 is 0 Å². The van der Waals surface area contributed by atoms with Crippen LogP contribution in [0.25, 0.3) is 0 Å². The second kappa shape index (κ2) is 5.63. The molecule has 0 unspecified atom stereocenters. The lowest BCUT2D eigenvalue weighted by Gasteiger charge is -2.33. The molecule has 17 heavy (non-hydrogen) atoms. The number of rotatable bonds is 4. The van der Waals surface area contributed by atoms with Crippen molar-refractivity contribution in [1.82, 2.24) is 0 Å². The highest BCUT2D eigenvalue weighted by Crippen LogP contribution is 2.28. The summed E-state index contributed by atoms with van der Waals surface area (Å²) in [5.41, 5.74) is 0.375. The third-order valence-corrected chi connectivity index (χ3v) is 3.37. The predicted octanol–water partition coefficient (Wildman–Crippen LogP) is 1.87. The Morgan fingerprint density at radius 2 is 1.82 bits per heavy atom. The maximum absolute atomic E-state index is 10.2. The van der Waals surface area contributed by atoms with Crippen LogP contribution in [0.15, 0.2) is 30.3 Å². The average Bonchev–Trinajstić information content (AvgIpc) is 2.35. The van der Waals surface area contributed by atoms with E-state index in [0.717, 1.165) is 5.56 Å². The van der Waals surface area contributed by atoms with Gasteiger partial charge in [-0.25, -0.2) is 0 Å². The van der Waals surface area contributed by atoms with Gasteiger partial charge in [0.15, 0.2) is 0 Å². The van der Waals surface area contributed by atoms with Crippen molar-refractivity contribution >= 4 is 0 Å². The Balaban J connectivity index is 1.75. The van der Waals surface area contributed by atoms with Crippen LogP contribution >= 0.6 is 0 Å². The average molecular weight is 236 g/mol. The highest BCUT2D eigenvalue weighted by Gasteiger charge is 2.32.